The highest BCUT2D eigenvalue weighted by molar-refractivity contribution is 6.03. The molecule has 1 aromatic carbocycles. The predicted octanol–water partition coefficient (Wildman–Crippen LogP) is 2.52. The van der Waals surface area contributed by atoms with Crippen molar-refractivity contribution in [2.75, 3.05) is 11.1 Å². The summed E-state index contributed by atoms with van der Waals surface area (Å²) in [6.45, 7) is -2.97. The number of hydrogen-bond acceptors (Lipinski definition) is 4. The summed E-state index contributed by atoms with van der Waals surface area (Å²) in [5, 5.41) is 2.44. The zero-order chi connectivity index (χ0) is 14.5. The Balaban J connectivity index is 2.19. The van der Waals surface area contributed by atoms with E-state index < -0.39 is 12.5 Å². The normalized spacial score (nSPS) is 10.3. The highest BCUT2D eigenvalue weighted by Gasteiger charge is 2.13. The van der Waals surface area contributed by atoms with E-state index in [2.05, 4.69) is 15.0 Å². The van der Waals surface area contributed by atoms with Crippen LogP contribution in [0.4, 0.5) is 20.3 Å². The number of halogens is 2. The number of hydrogen-bond donors (Lipinski definition) is 2. The Morgan fingerprint density at radius 1 is 1.20 bits per heavy atom. The van der Waals surface area contributed by atoms with Crippen molar-refractivity contribution in [3.8, 4) is 5.75 Å². The summed E-state index contributed by atoms with van der Waals surface area (Å²) in [7, 11) is 0. The molecule has 0 unspecified atom stereocenters. The Hall–Kier alpha value is -2.70. The number of ether oxygens (including phenoxy) is 1. The maximum absolute atomic E-state index is 12.3. The number of nitrogens with two attached hydrogens (primary N) is 1. The maximum Gasteiger partial charge on any atom is 0.387 e. The number of aromatic nitrogens is 1. The molecular weight excluding hydrogens is 268 g/mol. The lowest BCUT2D eigenvalue weighted by Gasteiger charge is -2.11. The molecule has 0 aliphatic carbocycles. The minimum absolute atomic E-state index is 0.0804. The van der Waals surface area contributed by atoms with E-state index in [-0.39, 0.29) is 22.9 Å². The Morgan fingerprint density at radius 2 is 1.95 bits per heavy atom. The van der Waals surface area contributed by atoms with Crippen molar-refractivity contribution in [3.05, 3.63) is 48.2 Å². The molecule has 0 bridgehead atoms. The number of anilines is 2. The van der Waals surface area contributed by atoms with Crippen LogP contribution in [0.1, 0.15) is 10.5 Å². The molecule has 0 saturated carbocycles. The van der Waals surface area contributed by atoms with Crippen LogP contribution in [-0.4, -0.2) is 17.5 Å². The highest BCUT2D eigenvalue weighted by atomic mass is 19.3. The summed E-state index contributed by atoms with van der Waals surface area (Å²) in [6.07, 6.45) is 0. The summed E-state index contributed by atoms with van der Waals surface area (Å²) in [5.74, 6) is -0.503. The second-order valence-corrected chi connectivity index (χ2v) is 3.78. The van der Waals surface area contributed by atoms with E-state index in [4.69, 9.17) is 5.73 Å². The van der Waals surface area contributed by atoms with Crippen molar-refractivity contribution in [2.24, 2.45) is 0 Å². The van der Waals surface area contributed by atoms with Crippen LogP contribution in [0.15, 0.2) is 42.5 Å². The Morgan fingerprint density at radius 3 is 2.65 bits per heavy atom. The predicted molar refractivity (Wildman–Crippen MR) is 69.7 cm³/mol. The van der Waals surface area contributed by atoms with E-state index in [0.717, 1.165) is 0 Å². The van der Waals surface area contributed by atoms with Crippen molar-refractivity contribution >= 4 is 17.4 Å². The van der Waals surface area contributed by atoms with E-state index in [1.54, 1.807) is 12.1 Å². The molecule has 0 radical (unpaired) electrons. The molecule has 0 aliphatic rings. The number of pyridine rings is 1. The second-order valence-electron chi connectivity index (χ2n) is 3.78. The fraction of sp³-hybridized carbons (Fsp3) is 0.0769. The van der Waals surface area contributed by atoms with Gasteiger partial charge in [-0.3, -0.25) is 4.79 Å². The molecule has 0 fully saturated rings. The van der Waals surface area contributed by atoms with Gasteiger partial charge in [-0.25, -0.2) is 4.98 Å². The zero-order valence-electron chi connectivity index (χ0n) is 10.2. The standard InChI is InChI=1S/C13H11F2N3O2/c14-13(15)20-10-6-2-1-4-8(10)18-12(19)9-5-3-7-11(16)17-9/h1-7,13H,(H2,16,17)(H,18,19). The minimum atomic E-state index is -2.97. The van der Waals surface area contributed by atoms with Gasteiger partial charge in [0.1, 0.15) is 17.3 Å². The first-order valence-corrected chi connectivity index (χ1v) is 5.64. The van der Waals surface area contributed by atoms with Gasteiger partial charge in [0.2, 0.25) is 0 Å². The number of nitrogen functional groups attached to an aromatic ring is 1. The highest BCUT2D eigenvalue weighted by Crippen LogP contribution is 2.25. The van der Waals surface area contributed by atoms with Crippen LogP contribution in [0.3, 0.4) is 0 Å². The quantitative estimate of drug-likeness (QED) is 0.901. The molecule has 0 aliphatic heterocycles. The van der Waals surface area contributed by atoms with E-state index >= 15 is 0 Å². The van der Waals surface area contributed by atoms with Gasteiger partial charge in [0.15, 0.2) is 0 Å². The fourth-order valence-corrected chi connectivity index (χ4v) is 1.53. The van der Waals surface area contributed by atoms with E-state index in [9.17, 15) is 13.6 Å². The van der Waals surface area contributed by atoms with Crippen molar-refractivity contribution < 1.29 is 18.3 Å². The molecule has 1 heterocycles. The van der Waals surface area contributed by atoms with Gasteiger partial charge >= 0.3 is 6.61 Å². The molecule has 0 saturated heterocycles. The third kappa shape index (κ3) is 3.41. The number of alkyl halides is 2. The van der Waals surface area contributed by atoms with Crippen molar-refractivity contribution in [3.63, 3.8) is 0 Å². The van der Waals surface area contributed by atoms with Crippen LogP contribution in [0.25, 0.3) is 0 Å². The minimum Gasteiger partial charge on any atom is -0.433 e. The van der Waals surface area contributed by atoms with Crippen molar-refractivity contribution in [2.45, 2.75) is 6.61 Å². The average molecular weight is 279 g/mol. The van der Waals surface area contributed by atoms with Crippen molar-refractivity contribution in [1.29, 1.82) is 0 Å². The third-order valence-corrected chi connectivity index (χ3v) is 2.35. The van der Waals surface area contributed by atoms with E-state index in [0.29, 0.717) is 0 Å². The van der Waals surface area contributed by atoms with Gasteiger partial charge in [-0.05, 0) is 24.3 Å². The van der Waals surface area contributed by atoms with Crippen LogP contribution in [0.5, 0.6) is 5.75 Å². The van der Waals surface area contributed by atoms with Gasteiger partial charge in [-0.15, -0.1) is 0 Å². The number of rotatable bonds is 4. The molecule has 2 aromatic rings. The number of para-hydroxylation sites is 2. The van der Waals surface area contributed by atoms with E-state index in [1.807, 2.05) is 0 Å². The van der Waals surface area contributed by atoms with Gasteiger partial charge in [0.25, 0.3) is 5.91 Å². The molecule has 104 valence electrons. The average Bonchev–Trinajstić information content (AvgIpc) is 2.40. The first kappa shape index (κ1) is 13.7. The lowest BCUT2D eigenvalue weighted by atomic mass is 10.2. The van der Waals surface area contributed by atoms with Crippen LogP contribution in [-0.2, 0) is 0 Å². The Labute approximate surface area is 113 Å². The van der Waals surface area contributed by atoms with Gasteiger partial charge in [0, 0.05) is 0 Å². The molecule has 3 N–H and O–H groups in total. The number of nitrogens with one attached hydrogen (secondary N) is 1. The number of benzene rings is 1. The summed E-state index contributed by atoms with van der Waals surface area (Å²) < 4.78 is 28.8. The molecule has 7 heteroatoms. The number of carbonyl (C=O) groups excluding carboxylic acids is 1. The van der Waals surface area contributed by atoms with E-state index in [1.165, 1.54) is 30.3 Å². The first-order chi connectivity index (χ1) is 9.56. The number of amides is 1. The van der Waals surface area contributed by atoms with Crippen LogP contribution >= 0.6 is 0 Å². The number of nitrogens with zero attached hydrogens (tertiary/aromatic N) is 1. The van der Waals surface area contributed by atoms with Crippen LogP contribution in [0.2, 0.25) is 0 Å². The second kappa shape index (κ2) is 5.96. The van der Waals surface area contributed by atoms with Gasteiger partial charge in [-0.2, -0.15) is 8.78 Å². The Bertz CT molecular complexity index is 620. The van der Waals surface area contributed by atoms with Crippen LogP contribution < -0.4 is 15.8 Å². The molecule has 5 nitrogen and oxygen atoms in total. The zero-order valence-corrected chi connectivity index (χ0v) is 10.2. The maximum atomic E-state index is 12.3. The summed E-state index contributed by atoms with van der Waals surface area (Å²) in [6, 6.07) is 10.4. The van der Waals surface area contributed by atoms with Crippen LogP contribution in [0, 0.1) is 0 Å². The van der Waals surface area contributed by atoms with Gasteiger partial charge in [-0.1, -0.05) is 18.2 Å². The smallest absolute Gasteiger partial charge is 0.387 e. The third-order valence-electron chi connectivity index (χ3n) is 2.35. The summed E-state index contributed by atoms with van der Waals surface area (Å²) in [5.41, 5.74) is 5.68. The Kier molecular flexibility index (Phi) is 4.09. The molecule has 0 atom stereocenters. The SMILES string of the molecule is Nc1cccc(C(=O)Nc2ccccc2OC(F)F)n1. The lowest BCUT2D eigenvalue weighted by molar-refractivity contribution is -0.0493. The summed E-state index contributed by atoms with van der Waals surface area (Å²) in [4.78, 5) is 15.8. The van der Waals surface area contributed by atoms with Gasteiger partial charge in [0.05, 0.1) is 5.69 Å². The van der Waals surface area contributed by atoms with Crippen molar-refractivity contribution in [1.82, 2.24) is 4.98 Å². The molecule has 1 aromatic heterocycles. The number of carbonyl (C=O) groups is 1. The lowest BCUT2D eigenvalue weighted by Crippen LogP contribution is -2.15. The summed E-state index contributed by atoms with van der Waals surface area (Å²) >= 11 is 0. The molecule has 1 amide bonds. The molecule has 0 spiro atoms. The molecular formula is C13H11F2N3O2. The molecule has 20 heavy (non-hydrogen) atoms. The fourth-order valence-electron chi connectivity index (χ4n) is 1.53. The molecule has 2 rings (SSSR count). The van der Waals surface area contributed by atoms with Gasteiger partial charge < -0.3 is 15.8 Å². The largest absolute Gasteiger partial charge is 0.433 e. The monoisotopic (exact) mass is 279 g/mol. The first-order valence-electron chi connectivity index (χ1n) is 5.64. The topological polar surface area (TPSA) is 77.2 Å².